The molecular formula is C39H42N2O21. The highest BCUT2D eigenvalue weighted by Crippen LogP contribution is 2.38. The maximum absolute atomic E-state index is 12.9. The highest BCUT2D eigenvalue weighted by atomic mass is 16.8. The van der Waals surface area contributed by atoms with E-state index in [2.05, 4.69) is 5.32 Å². The van der Waals surface area contributed by atoms with Crippen LogP contribution in [0, 0.1) is 0 Å². The highest BCUT2D eigenvalue weighted by Gasteiger charge is 2.54. The van der Waals surface area contributed by atoms with Gasteiger partial charge in [0.05, 0.1) is 6.61 Å². The Hall–Kier alpha value is -6.15. The summed E-state index contributed by atoms with van der Waals surface area (Å²) in [5.41, 5.74) is 0.799. The Bertz CT molecular complexity index is 2140. The number of quaternary nitrogens is 1. The fraction of sp³-hybridized carbons (Fsp3) is 0.410. The molecule has 2 aromatic carbocycles. The molecule has 2 fully saturated rings. The Morgan fingerprint density at radius 3 is 2.19 bits per heavy atom. The molecule has 23 heteroatoms. The quantitative estimate of drug-likeness (QED) is 0.0624. The summed E-state index contributed by atoms with van der Waals surface area (Å²) in [6.45, 7) is -1.05. The summed E-state index contributed by atoms with van der Waals surface area (Å²) in [4.78, 5) is 60.7. The van der Waals surface area contributed by atoms with E-state index in [0.29, 0.717) is 5.56 Å². The van der Waals surface area contributed by atoms with Crippen LogP contribution < -0.4 is 20.1 Å². The second kappa shape index (κ2) is 18.9. The summed E-state index contributed by atoms with van der Waals surface area (Å²) in [5.74, 6) is -8.34. The van der Waals surface area contributed by atoms with Crippen molar-refractivity contribution >= 4 is 41.6 Å². The van der Waals surface area contributed by atoms with Gasteiger partial charge in [0.25, 0.3) is 0 Å². The fourth-order valence-electron chi connectivity index (χ4n) is 7.37. The maximum Gasteiger partial charge on any atom is 0.351 e. The van der Waals surface area contributed by atoms with Crippen LogP contribution in [0.3, 0.4) is 0 Å². The number of rotatable bonds is 14. The van der Waals surface area contributed by atoms with E-state index in [4.69, 9.17) is 23.7 Å². The van der Waals surface area contributed by atoms with Gasteiger partial charge in [-0.3, -0.25) is 4.90 Å². The van der Waals surface area contributed by atoms with E-state index in [-0.39, 0.29) is 46.9 Å². The molecule has 62 heavy (non-hydrogen) atoms. The van der Waals surface area contributed by atoms with Crippen LogP contribution in [-0.4, -0.2) is 168 Å². The number of carbonyl (C=O) groups is 5. The number of carbonyl (C=O) groups excluding carboxylic acids is 2. The topological polar surface area (TPSA) is 373 Å². The van der Waals surface area contributed by atoms with E-state index in [1.807, 2.05) is 0 Å². The summed E-state index contributed by atoms with van der Waals surface area (Å²) in [6, 6.07) is 5.35. The molecule has 0 bridgehead atoms. The lowest BCUT2D eigenvalue weighted by atomic mass is 9.97. The van der Waals surface area contributed by atoms with Crippen LogP contribution in [0.15, 0.2) is 65.9 Å². The first-order valence-corrected chi connectivity index (χ1v) is 18.8. The number of phenolic OH excluding ortho intramolecular Hbond substituents is 2. The zero-order chi connectivity index (χ0) is 45.2. The SMILES string of the molecule is O=C(/C=C\c1ccc(O)cc1)O[C@H]1C(O[C@H]2C(Oc3cc4c(cc3O)[NH+](C/C=C3/C=C(C(=O)O)N[C@H](C(=O)O)C3)[C@H](C(=O)[O-])C4)O[C@H](CO)[C@@H](O)[C@@H]2O)O[C@H](C(=O)O)[C@@H](O)[C@@H]1O. The summed E-state index contributed by atoms with van der Waals surface area (Å²) < 4.78 is 28.1. The van der Waals surface area contributed by atoms with Crippen LogP contribution in [0.5, 0.6) is 17.2 Å². The third kappa shape index (κ3) is 9.81. The minimum Gasteiger partial charge on any atom is -0.544 e. The molecule has 0 saturated carbocycles. The number of hydrogen-bond donors (Lipinski definition) is 12. The Kier molecular flexibility index (Phi) is 13.8. The van der Waals surface area contributed by atoms with E-state index in [0.717, 1.165) is 12.1 Å². The van der Waals surface area contributed by atoms with Gasteiger partial charge in [-0.2, -0.15) is 0 Å². The number of esters is 1. The largest absolute Gasteiger partial charge is 0.544 e. The molecule has 23 nitrogen and oxygen atoms in total. The van der Waals surface area contributed by atoms with Gasteiger partial charge >= 0.3 is 23.9 Å². The number of aliphatic hydroxyl groups excluding tert-OH is 5. The van der Waals surface area contributed by atoms with Crippen molar-refractivity contribution in [1.29, 1.82) is 0 Å². The normalized spacial score (nSPS) is 32.6. The third-order valence-corrected chi connectivity index (χ3v) is 10.6. The predicted molar refractivity (Wildman–Crippen MR) is 198 cm³/mol. The van der Waals surface area contributed by atoms with Crippen molar-refractivity contribution in [3.8, 4) is 17.2 Å². The van der Waals surface area contributed by atoms with Gasteiger partial charge in [0.2, 0.25) is 6.29 Å². The van der Waals surface area contributed by atoms with Gasteiger partial charge in [-0.15, -0.1) is 0 Å². The standard InChI is InChI=1S/C39H42N2O21/c42-14-25-27(46)28(47)33(62-39-32(30(49)29(48)31(61-39)37(56)57)60-26(45)6-3-15-1-4-18(43)5-2-15)38(59-25)58-24-12-17-11-22(36(54)55)41(21(17)13-23(24)44)8-7-16-9-19(34(50)51)40-20(10-16)35(52)53/h1-7,9,12-13,20,22,25,27-33,38-40,42-44,46-49H,8,10-11,14H2,(H,50,51)(H,52,53)(H,54,55)(H,56,57)/b6-3-,16-7-/t20-,22-,25+,27+,28-,29-,30-,31-,32+,33+,38?,39?/m0/s1. The number of hydrogen-bond acceptors (Lipinski definition) is 19. The number of ether oxygens (including phenoxy) is 5. The lowest BCUT2D eigenvalue weighted by Crippen LogP contribution is -3.11. The molecule has 334 valence electrons. The molecule has 4 aliphatic heterocycles. The van der Waals surface area contributed by atoms with Crippen molar-refractivity contribution in [3.63, 3.8) is 0 Å². The first-order chi connectivity index (χ1) is 29.4. The van der Waals surface area contributed by atoms with Gasteiger partial charge in [-0.05, 0) is 47.6 Å². The van der Waals surface area contributed by atoms with Crippen molar-refractivity contribution in [2.75, 3.05) is 13.2 Å². The molecule has 2 aromatic rings. The first kappa shape index (κ1) is 45.4. The monoisotopic (exact) mass is 874 g/mol. The zero-order valence-electron chi connectivity index (χ0n) is 32.0. The third-order valence-electron chi connectivity index (χ3n) is 10.6. The van der Waals surface area contributed by atoms with Crippen molar-refractivity contribution in [1.82, 2.24) is 5.32 Å². The molecule has 0 aliphatic carbocycles. The summed E-state index contributed by atoms with van der Waals surface area (Å²) in [6.07, 6.45) is -15.8. The number of carboxylic acids is 4. The zero-order valence-corrected chi connectivity index (χ0v) is 32.0. The summed E-state index contributed by atoms with van der Waals surface area (Å²) in [5, 5.41) is 118. The van der Waals surface area contributed by atoms with Gasteiger partial charge in [0, 0.05) is 30.5 Å². The number of phenols is 2. The number of nitrogens with one attached hydrogen (secondary N) is 2. The van der Waals surface area contributed by atoms with Crippen molar-refractivity contribution in [2.45, 2.75) is 86.3 Å². The van der Waals surface area contributed by atoms with Gasteiger partial charge in [0.15, 0.2) is 36.1 Å². The molecule has 6 rings (SSSR count). The highest BCUT2D eigenvalue weighted by molar-refractivity contribution is 5.89. The van der Waals surface area contributed by atoms with Crippen LogP contribution in [0.4, 0.5) is 5.69 Å². The Morgan fingerprint density at radius 2 is 1.56 bits per heavy atom. The summed E-state index contributed by atoms with van der Waals surface area (Å²) in [7, 11) is 0. The van der Waals surface area contributed by atoms with Gasteiger partial charge in [-0.25, -0.2) is 19.2 Å². The molecular weight excluding hydrogens is 832 g/mol. The Morgan fingerprint density at radius 1 is 0.871 bits per heavy atom. The smallest absolute Gasteiger partial charge is 0.351 e. The molecule has 0 amide bonds. The van der Waals surface area contributed by atoms with Crippen molar-refractivity contribution in [3.05, 3.63) is 77.0 Å². The number of aliphatic carboxylic acids is 4. The molecule has 12 N–H and O–H groups in total. The van der Waals surface area contributed by atoms with Crippen molar-refractivity contribution < 1.29 is 109 Å². The summed E-state index contributed by atoms with van der Waals surface area (Å²) >= 11 is 0. The van der Waals surface area contributed by atoms with Gasteiger partial charge < -0.3 is 90.0 Å². The molecule has 3 unspecified atom stereocenters. The lowest BCUT2D eigenvalue weighted by molar-refractivity contribution is -0.840. The molecule has 2 saturated heterocycles. The Balaban J connectivity index is 1.27. The van der Waals surface area contributed by atoms with E-state index in [9.17, 15) is 80.1 Å². The molecule has 4 aliphatic rings. The Labute approximate surface area is 349 Å². The predicted octanol–water partition coefficient (Wildman–Crippen LogP) is -5.01. The van der Waals surface area contributed by atoms with E-state index >= 15 is 0 Å². The van der Waals surface area contributed by atoms with E-state index in [1.165, 1.54) is 48.6 Å². The number of carboxylic acid groups (broad SMARTS) is 4. The average Bonchev–Trinajstić information content (AvgIpc) is 3.58. The second-order valence-corrected chi connectivity index (χ2v) is 14.7. The molecule has 0 aromatic heterocycles. The van der Waals surface area contributed by atoms with Crippen LogP contribution in [0.25, 0.3) is 6.08 Å². The maximum atomic E-state index is 12.9. The molecule has 13 atom stereocenters. The molecule has 0 radical (unpaired) electrons. The molecule has 4 heterocycles. The number of allylic oxidation sites excluding steroid dienone is 1. The second-order valence-electron chi connectivity index (χ2n) is 14.7. The van der Waals surface area contributed by atoms with Gasteiger partial charge in [0.1, 0.15) is 72.3 Å². The van der Waals surface area contributed by atoms with Crippen LogP contribution >= 0.6 is 0 Å². The lowest BCUT2D eigenvalue weighted by Gasteiger charge is -2.46. The number of benzene rings is 2. The average molecular weight is 875 g/mol. The fourth-order valence-corrected chi connectivity index (χ4v) is 7.37. The van der Waals surface area contributed by atoms with Crippen LogP contribution in [0.2, 0.25) is 0 Å². The number of aromatic hydroxyl groups is 2. The van der Waals surface area contributed by atoms with E-state index in [1.54, 1.807) is 0 Å². The minimum atomic E-state index is -2.20. The van der Waals surface area contributed by atoms with Gasteiger partial charge in [-0.1, -0.05) is 12.1 Å². The first-order valence-electron chi connectivity index (χ1n) is 18.8. The van der Waals surface area contributed by atoms with Crippen LogP contribution in [-0.2, 0) is 49.3 Å². The molecule has 0 spiro atoms. The van der Waals surface area contributed by atoms with E-state index < -0.39 is 127 Å². The van der Waals surface area contributed by atoms with Crippen molar-refractivity contribution in [2.24, 2.45) is 0 Å². The minimum absolute atomic E-state index is 0.0568. The number of aliphatic hydroxyl groups is 5. The van der Waals surface area contributed by atoms with Crippen LogP contribution in [0.1, 0.15) is 17.5 Å². The number of fused-ring (bicyclic) bond motifs is 1.